The second-order valence-electron chi connectivity index (χ2n) is 7.26. The van der Waals surface area contributed by atoms with Gasteiger partial charge in [0.25, 0.3) is 0 Å². The molecular formula is C21H15F5O3S. The number of halogens is 5. The monoisotopic (exact) mass is 442 g/mol. The maximum absolute atomic E-state index is 14.7. The predicted octanol–water partition coefficient (Wildman–Crippen LogP) is 5.21. The zero-order valence-electron chi connectivity index (χ0n) is 15.6. The van der Waals surface area contributed by atoms with E-state index >= 15 is 0 Å². The molecule has 0 aromatic heterocycles. The fourth-order valence-electron chi connectivity index (χ4n) is 3.58. The number of hydrogen-bond acceptors (Lipinski definition) is 3. The summed E-state index contributed by atoms with van der Waals surface area (Å²) in [7, 11) is -3.19. The summed E-state index contributed by atoms with van der Waals surface area (Å²) in [6.07, 6.45) is 4.68. The van der Waals surface area contributed by atoms with Crippen LogP contribution in [-0.2, 0) is 9.84 Å². The fraction of sp³-hybridized carbons (Fsp3) is 0.238. The van der Waals surface area contributed by atoms with Gasteiger partial charge >= 0.3 is 0 Å². The van der Waals surface area contributed by atoms with Gasteiger partial charge in [0.05, 0.1) is 17.6 Å². The third kappa shape index (κ3) is 3.12. The number of sulfone groups is 1. The summed E-state index contributed by atoms with van der Waals surface area (Å²) in [4.78, 5) is -0.252. The first-order valence-corrected chi connectivity index (χ1v) is 10.5. The van der Waals surface area contributed by atoms with E-state index in [1.54, 1.807) is 12.2 Å². The van der Waals surface area contributed by atoms with Gasteiger partial charge in [0.2, 0.25) is 21.5 Å². The lowest BCUT2D eigenvalue weighted by Crippen LogP contribution is -2.07. The van der Waals surface area contributed by atoms with Crippen molar-refractivity contribution in [2.45, 2.75) is 17.7 Å². The zero-order valence-corrected chi connectivity index (χ0v) is 16.4. The molecule has 0 unspecified atom stereocenters. The van der Waals surface area contributed by atoms with Gasteiger partial charge in [0.15, 0.2) is 23.4 Å². The molecule has 4 rings (SSSR count). The number of hydrogen-bond donors (Lipinski definition) is 0. The van der Waals surface area contributed by atoms with Crippen LogP contribution < -0.4 is 4.74 Å². The number of ether oxygens (including phenoxy) is 1. The Morgan fingerprint density at radius 2 is 1.43 bits per heavy atom. The molecule has 30 heavy (non-hydrogen) atoms. The first-order chi connectivity index (χ1) is 14.1. The van der Waals surface area contributed by atoms with Crippen LogP contribution in [0.2, 0.25) is 0 Å². The molecule has 0 amide bonds. The lowest BCUT2D eigenvalue weighted by molar-refractivity contribution is 0.331. The topological polar surface area (TPSA) is 43.4 Å². The van der Waals surface area contributed by atoms with Gasteiger partial charge in [-0.15, -0.1) is 0 Å². The van der Waals surface area contributed by atoms with Crippen molar-refractivity contribution in [3.8, 4) is 5.75 Å². The number of benzene rings is 2. The molecule has 0 aliphatic heterocycles. The molecule has 1 fully saturated rings. The summed E-state index contributed by atoms with van der Waals surface area (Å²) >= 11 is 0. The van der Waals surface area contributed by atoms with Crippen LogP contribution in [0.4, 0.5) is 22.0 Å². The molecule has 158 valence electrons. The average molecular weight is 442 g/mol. The maximum atomic E-state index is 14.7. The van der Waals surface area contributed by atoms with Gasteiger partial charge in [-0.1, -0.05) is 24.3 Å². The van der Waals surface area contributed by atoms with Gasteiger partial charge in [-0.25, -0.2) is 21.6 Å². The highest BCUT2D eigenvalue weighted by molar-refractivity contribution is 7.91. The fourth-order valence-corrected chi connectivity index (χ4v) is 4.26. The molecular weight excluding hydrogens is 427 g/mol. The molecule has 1 saturated carbocycles. The number of methoxy groups -OCH3 is 1. The van der Waals surface area contributed by atoms with Crippen molar-refractivity contribution >= 4 is 21.0 Å². The average Bonchev–Trinajstić information content (AvgIpc) is 3.39. The Balaban J connectivity index is 1.86. The Hall–Kier alpha value is -2.68. The standard InChI is InChI=1S/C21H15F5O3S/c1-29-20-18(25)16(23)15(17(24)19(20)26)14-9-21(6-7-21)8-13(14)11-2-4-12(5-3-11)30(27,28)10-22/h2-5,8-9H,6-7,10H2,1H3. The van der Waals surface area contributed by atoms with E-state index in [0.717, 1.165) is 7.11 Å². The highest BCUT2D eigenvalue weighted by Gasteiger charge is 2.45. The SMILES string of the molecule is COc1c(F)c(F)c(C2=CC3(C=C2c2ccc(S(=O)(=O)CF)cc2)CC3)c(F)c1F. The molecule has 2 aliphatic rings. The van der Waals surface area contributed by atoms with Crippen LogP contribution in [0.1, 0.15) is 24.0 Å². The van der Waals surface area contributed by atoms with Crippen LogP contribution >= 0.6 is 0 Å². The lowest BCUT2D eigenvalue weighted by atomic mass is 9.94. The molecule has 0 radical (unpaired) electrons. The molecule has 2 aliphatic carbocycles. The van der Waals surface area contributed by atoms with Crippen LogP contribution in [0.3, 0.4) is 0 Å². The Bertz CT molecular complexity index is 1180. The van der Waals surface area contributed by atoms with Crippen LogP contribution in [0.15, 0.2) is 41.3 Å². The second-order valence-corrected chi connectivity index (χ2v) is 9.18. The van der Waals surface area contributed by atoms with E-state index in [-0.39, 0.29) is 10.5 Å². The molecule has 0 N–H and O–H groups in total. The van der Waals surface area contributed by atoms with Crippen LogP contribution in [-0.4, -0.2) is 21.5 Å². The molecule has 9 heteroatoms. The van der Waals surface area contributed by atoms with E-state index in [9.17, 15) is 30.4 Å². The normalized spacial score (nSPS) is 17.1. The highest BCUT2D eigenvalue weighted by Crippen LogP contribution is 2.58. The van der Waals surface area contributed by atoms with Crippen LogP contribution in [0.5, 0.6) is 5.75 Å². The first kappa shape index (κ1) is 20.6. The minimum absolute atomic E-state index is 0.0379. The van der Waals surface area contributed by atoms with E-state index in [0.29, 0.717) is 24.0 Å². The zero-order chi connectivity index (χ0) is 21.8. The minimum Gasteiger partial charge on any atom is -0.491 e. The molecule has 2 aromatic carbocycles. The number of allylic oxidation sites excluding steroid dienone is 4. The summed E-state index contributed by atoms with van der Waals surface area (Å²) in [6.45, 7) is 0. The molecule has 2 aromatic rings. The third-order valence-electron chi connectivity index (χ3n) is 5.35. The molecule has 1 spiro atoms. The largest absolute Gasteiger partial charge is 0.491 e. The summed E-state index contributed by atoms with van der Waals surface area (Å²) in [5.74, 6) is -7.62. The third-order valence-corrected chi connectivity index (χ3v) is 6.62. The Kier molecular flexibility index (Phi) is 4.76. The quantitative estimate of drug-likeness (QED) is 0.472. The van der Waals surface area contributed by atoms with Crippen molar-refractivity contribution in [3.05, 3.63) is 70.8 Å². The number of alkyl halides is 1. The van der Waals surface area contributed by atoms with Crippen LogP contribution in [0.25, 0.3) is 11.1 Å². The van der Waals surface area contributed by atoms with E-state index in [4.69, 9.17) is 0 Å². The molecule has 3 nitrogen and oxygen atoms in total. The summed E-state index contributed by atoms with van der Waals surface area (Å²) in [6, 6.07) is 3.49. The number of rotatable bonds is 5. The molecule has 0 atom stereocenters. The van der Waals surface area contributed by atoms with Crippen molar-refractivity contribution in [1.29, 1.82) is 0 Å². The first-order valence-electron chi connectivity index (χ1n) is 8.89. The second kappa shape index (κ2) is 6.94. The molecule has 0 heterocycles. The van der Waals surface area contributed by atoms with Gasteiger partial charge in [-0.05, 0) is 41.7 Å². The smallest absolute Gasteiger partial charge is 0.207 e. The van der Waals surface area contributed by atoms with E-state index in [1.165, 1.54) is 24.3 Å². The van der Waals surface area contributed by atoms with Gasteiger partial charge < -0.3 is 4.74 Å². The lowest BCUT2D eigenvalue weighted by Gasteiger charge is -2.15. The summed E-state index contributed by atoms with van der Waals surface area (Å²) < 4.78 is 98.4. The summed E-state index contributed by atoms with van der Waals surface area (Å²) in [5.41, 5.74) is -0.692. The van der Waals surface area contributed by atoms with Crippen molar-refractivity contribution < 1.29 is 35.1 Å². The molecule has 0 saturated heterocycles. The van der Waals surface area contributed by atoms with Gasteiger partial charge in [0.1, 0.15) is 0 Å². The molecule has 0 bridgehead atoms. The van der Waals surface area contributed by atoms with E-state index in [2.05, 4.69) is 4.74 Å². The van der Waals surface area contributed by atoms with Gasteiger partial charge in [0, 0.05) is 5.41 Å². The van der Waals surface area contributed by atoms with Gasteiger partial charge in [-0.2, -0.15) is 8.78 Å². The van der Waals surface area contributed by atoms with E-state index in [1.807, 2.05) is 0 Å². The van der Waals surface area contributed by atoms with Gasteiger partial charge in [-0.3, -0.25) is 0 Å². The van der Waals surface area contributed by atoms with E-state index < -0.39 is 55.8 Å². The highest BCUT2D eigenvalue weighted by atomic mass is 32.2. The Labute approximate surface area is 169 Å². The van der Waals surface area contributed by atoms with Crippen molar-refractivity contribution in [2.75, 3.05) is 13.1 Å². The van der Waals surface area contributed by atoms with Crippen molar-refractivity contribution in [2.24, 2.45) is 5.41 Å². The minimum atomic E-state index is -4.08. The predicted molar refractivity (Wildman–Crippen MR) is 100 cm³/mol. The Morgan fingerprint density at radius 3 is 1.90 bits per heavy atom. The van der Waals surface area contributed by atoms with Crippen molar-refractivity contribution in [3.63, 3.8) is 0 Å². The van der Waals surface area contributed by atoms with Crippen LogP contribution in [0, 0.1) is 28.7 Å². The Morgan fingerprint density at radius 1 is 0.900 bits per heavy atom. The summed E-state index contributed by atoms with van der Waals surface area (Å²) in [5, 5.41) is 0. The van der Waals surface area contributed by atoms with Crippen molar-refractivity contribution in [1.82, 2.24) is 0 Å². The maximum Gasteiger partial charge on any atom is 0.207 e.